The number of ether oxygens (including phenoxy) is 1. The van der Waals surface area contributed by atoms with Crippen LogP contribution >= 0.6 is 0 Å². The normalized spacial score (nSPS) is 22.5. The van der Waals surface area contributed by atoms with E-state index < -0.39 is 6.04 Å². The van der Waals surface area contributed by atoms with E-state index in [4.69, 9.17) is 4.74 Å². The van der Waals surface area contributed by atoms with Gasteiger partial charge in [-0.1, -0.05) is 38.5 Å². The van der Waals surface area contributed by atoms with Gasteiger partial charge in [-0.05, 0) is 38.5 Å². The summed E-state index contributed by atoms with van der Waals surface area (Å²) >= 11 is 0. The summed E-state index contributed by atoms with van der Waals surface area (Å²) in [5, 5.41) is 2.82. The largest absolute Gasteiger partial charge is 0.464 e. The maximum Gasteiger partial charge on any atom is 0.328 e. The third kappa shape index (κ3) is 5.33. The summed E-state index contributed by atoms with van der Waals surface area (Å²) < 4.78 is 5.38. The van der Waals surface area contributed by atoms with Crippen molar-refractivity contribution in [1.29, 1.82) is 0 Å². The van der Waals surface area contributed by atoms with E-state index in [9.17, 15) is 9.59 Å². The Morgan fingerprint density at radius 3 is 2.19 bits per heavy atom. The number of amides is 1. The van der Waals surface area contributed by atoms with Crippen molar-refractivity contribution in [3.63, 3.8) is 0 Å². The Kier molecular flexibility index (Phi) is 6.52. The molecule has 2 aliphatic rings. The SMILES string of the molecule is C[C@H](NC(=O)C1CCCCC1)C(=O)OCC1CCCCC1. The van der Waals surface area contributed by atoms with Gasteiger partial charge in [0.2, 0.25) is 5.91 Å². The molecule has 0 spiro atoms. The van der Waals surface area contributed by atoms with Crippen LogP contribution in [0.1, 0.15) is 71.1 Å². The summed E-state index contributed by atoms with van der Waals surface area (Å²) in [4.78, 5) is 24.1. The van der Waals surface area contributed by atoms with Crippen LogP contribution < -0.4 is 5.32 Å². The molecule has 0 aromatic heterocycles. The number of nitrogens with one attached hydrogen (secondary N) is 1. The minimum Gasteiger partial charge on any atom is -0.464 e. The van der Waals surface area contributed by atoms with Crippen LogP contribution in [0, 0.1) is 11.8 Å². The Bertz CT molecular complexity index is 344. The molecule has 2 fully saturated rings. The van der Waals surface area contributed by atoms with Crippen LogP contribution in [0.4, 0.5) is 0 Å². The topological polar surface area (TPSA) is 55.4 Å². The smallest absolute Gasteiger partial charge is 0.328 e. The molecule has 0 aromatic rings. The van der Waals surface area contributed by atoms with Gasteiger partial charge in [0, 0.05) is 5.92 Å². The first-order valence-electron chi connectivity index (χ1n) is 8.64. The van der Waals surface area contributed by atoms with E-state index in [0.717, 1.165) is 38.5 Å². The Morgan fingerprint density at radius 1 is 1.00 bits per heavy atom. The second-order valence-electron chi connectivity index (χ2n) is 6.70. The second kappa shape index (κ2) is 8.40. The fraction of sp³-hybridized carbons (Fsp3) is 0.882. The molecule has 4 nitrogen and oxygen atoms in total. The van der Waals surface area contributed by atoms with Gasteiger partial charge >= 0.3 is 5.97 Å². The maximum absolute atomic E-state index is 12.1. The number of carbonyl (C=O) groups is 2. The van der Waals surface area contributed by atoms with E-state index in [1.165, 1.54) is 25.7 Å². The Hall–Kier alpha value is -1.06. The van der Waals surface area contributed by atoms with Crippen molar-refractivity contribution in [3.05, 3.63) is 0 Å². The molecule has 1 atom stereocenters. The molecule has 0 aliphatic heterocycles. The van der Waals surface area contributed by atoms with Crippen LogP contribution in [0.2, 0.25) is 0 Å². The fourth-order valence-corrected chi connectivity index (χ4v) is 3.43. The van der Waals surface area contributed by atoms with Crippen molar-refractivity contribution in [2.24, 2.45) is 11.8 Å². The second-order valence-corrected chi connectivity index (χ2v) is 6.70. The van der Waals surface area contributed by atoms with Gasteiger partial charge in [0.1, 0.15) is 6.04 Å². The van der Waals surface area contributed by atoms with E-state index in [-0.39, 0.29) is 17.8 Å². The lowest BCUT2D eigenvalue weighted by molar-refractivity contribution is -0.149. The molecule has 0 aromatic carbocycles. The van der Waals surface area contributed by atoms with Crippen LogP contribution in [-0.2, 0) is 14.3 Å². The lowest BCUT2D eigenvalue weighted by Gasteiger charge is -2.24. The Balaban J connectivity index is 1.67. The molecular weight excluding hydrogens is 266 g/mol. The highest BCUT2D eigenvalue weighted by Gasteiger charge is 2.25. The van der Waals surface area contributed by atoms with Gasteiger partial charge in [-0.3, -0.25) is 4.79 Å². The van der Waals surface area contributed by atoms with Crippen molar-refractivity contribution in [2.45, 2.75) is 77.2 Å². The molecule has 21 heavy (non-hydrogen) atoms. The molecule has 2 saturated carbocycles. The molecule has 0 heterocycles. The number of carbonyl (C=O) groups excluding carboxylic acids is 2. The van der Waals surface area contributed by atoms with E-state index >= 15 is 0 Å². The number of rotatable bonds is 5. The van der Waals surface area contributed by atoms with Crippen LogP contribution in [0.15, 0.2) is 0 Å². The summed E-state index contributed by atoms with van der Waals surface area (Å²) in [6, 6.07) is -0.525. The third-order valence-electron chi connectivity index (χ3n) is 4.87. The van der Waals surface area contributed by atoms with E-state index in [0.29, 0.717) is 12.5 Å². The number of esters is 1. The predicted molar refractivity (Wildman–Crippen MR) is 81.7 cm³/mol. The molecule has 1 amide bonds. The molecule has 2 rings (SSSR count). The fourth-order valence-electron chi connectivity index (χ4n) is 3.43. The van der Waals surface area contributed by atoms with Crippen molar-refractivity contribution in [3.8, 4) is 0 Å². The van der Waals surface area contributed by atoms with Crippen molar-refractivity contribution >= 4 is 11.9 Å². The third-order valence-corrected chi connectivity index (χ3v) is 4.87. The minimum absolute atomic E-state index is 0.0248. The van der Waals surface area contributed by atoms with E-state index in [1.54, 1.807) is 6.92 Å². The van der Waals surface area contributed by atoms with Gasteiger partial charge in [0.15, 0.2) is 0 Å². The van der Waals surface area contributed by atoms with Crippen molar-refractivity contribution in [2.75, 3.05) is 6.61 Å². The summed E-state index contributed by atoms with van der Waals surface area (Å²) in [5.74, 6) is 0.345. The molecule has 4 heteroatoms. The lowest BCUT2D eigenvalue weighted by atomic mass is 9.88. The molecule has 1 N–H and O–H groups in total. The number of hydrogen-bond acceptors (Lipinski definition) is 3. The highest BCUT2D eigenvalue weighted by Crippen LogP contribution is 2.24. The standard InChI is InChI=1S/C17H29NO3/c1-13(18-16(19)15-10-6-3-7-11-15)17(20)21-12-14-8-4-2-5-9-14/h13-15H,2-12H2,1H3,(H,18,19)/t13-/m0/s1. The Morgan fingerprint density at radius 2 is 1.57 bits per heavy atom. The minimum atomic E-state index is -0.525. The van der Waals surface area contributed by atoms with Crippen LogP contribution in [0.25, 0.3) is 0 Å². The first-order valence-corrected chi connectivity index (χ1v) is 8.64. The summed E-state index contributed by atoms with van der Waals surface area (Å²) in [6.07, 6.45) is 11.5. The zero-order valence-corrected chi connectivity index (χ0v) is 13.2. The first kappa shape index (κ1) is 16.3. The van der Waals surface area contributed by atoms with Crippen molar-refractivity contribution in [1.82, 2.24) is 5.32 Å². The van der Waals surface area contributed by atoms with Gasteiger partial charge in [0.25, 0.3) is 0 Å². The van der Waals surface area contributed by atoms with Crippen LogP contribution in [0.3, 0.4) is 0 Å². The first-order chi connectivity index (χ1) is 10.2. The van der Waals surface area contributed by atoms with Gasteiger partial charge < -0.3 is 10.1 Å². The lowest BCUT2D eigenvalue weighted by Crippen LogP contribution is -2.43. The number of hydrogen-bond donors (Lipinski definition) is 1. The quantitative estimate of drug-likeness (QED) is 0.792. The van der Waals surface area contributed by atoms with Gasteiger partial charge in [-0.2, -0.15) is 0 Å². The summed E-state index contributed by atoms with van der Waals surface area (Å²) in [7, 11) is 0. The molecule has 120 valence electrons. The molecular formula is C17H29NO3. The van der Waals surface area contributed by atoms with Crippen molar-refractivity contribution < 1.29 is 14.3 Å². The average Bonchev–Trinajstić information content (AvgIpc) is 2.54. The monoisotopic (exact) mass is 295 g/mol. The summed E-state index contributed by atoms with van der Waals surface area (Å²) in [5.41, 5.74) is 0. The van der Waals surface area contributed by atoms with Crippen LogP contribution in [0.5, 0.6) is 0 Å². The zero-order chi connectivity index (χ0) is 15.1. The molecule has 2 aliphatic carbocycles. The van der Waals surface area contributed by atoms with Crippen LogP contribution in [-0.4, -0.2) is 24.5 Å². The van der Waals surface area contributed by atoms with Gasteiger partial charge in [0.05, 0.1) is 6.61 Å². The molecule has 0 bridgehead atoms. The highest BCUT2D eigenvalue weighted by molar-refractivity contribution is 5.85. The Labute approximate surface area is 128 Å². The molecule has 0 unspecified atom stereocenters. The average molecular weight is 295 g/mol. The zero-order valence-electron chi connectivity index (χ0n) is 13.2. The van der Waals surface area contributed by atoms with E-state index in [1.807, 2.05) is 0 Å². The van der Waals surface area contributed by atoms with Gasteiger partial charge in [-0.15, -0.1) is 0 Å². The maximum atomic E-state index is 12.1. The molecule has 0 saturated heterocycles. The molecule has 0 radical (unpaired) electrons. The van der Waals surface area contributed by atoms with E-state index in [2.05, 4.69) is 5.32 Å². The van der Waals surface area contributed by atoms with Gasteiger partial charge in [-0.25, -0.2) is 4.79 Å². The predicted octanol–water partition coefficient (Wildman–Crippen LogP) is 3.19. The summed E-state index contributed by atoms with van der Waals surface area (Å²) in [6.45, 7) is 2.24. The highest BCUT2D eigenvalue weighted by atomic mass is 16.5.